The van der Waals surface area contributed by atoms with Crippen molar-refractivity contribution in [2.24, 2.45) is 0 Å². The first-order chi connectivity index (χ1) is 9.68. The molecule has 0 radical (unpaired) electrons. The Balaban J connectivity index is 1.95. The van der Waals surface area contributed by atoms with Crippen molar-refractivity contribution in [3.05, 3.63) is 16.8 Å². The third-order valence-corrected chi connectivity index (χ3v) is 5.13. The molecule has 2 heterocycles. The number of hydrogen-bond donors (Lipinski definition) is 1. The summed E-state index contributed by atoms with van der Waals surface area (Å²) in [6.07, 6.45) is 5.12. The van der Waals surface area contributed by atoms with Crippen molar-refractivity contribution in [3.63, 3.8) is 0 Å². The summed E-state index contributed by atoms with van der Waals surface area (Å²) in [5.74, 6) is 1.15. The number of aryl methyl sites for hydroxylation is 1. The molecule has 20 heavy (non-hydrogen) atoms. The first-order valence-electron chi connectivity index (χ1n) is 6.96. The minimum atomic E-state index is -0.375. The highest BCUT2D eigenvalue weighted by atomic mass is 32.1. The number of thiophene rings is 1. The first kappa shape index (κ1) is 13.6. The van der Waals surface area contributed by atoms with E-state index in [1.807, 2.05) is 6.07 Å². The number of nitrogens with two attached hydrogens (primary N) is 1. The molecule has 1 aliphatic carbocycles. The topological polar surface area (TPSA) is 74.2 Å². The monoisotopic (exact) mass is 293 g/mol. The number of hydrogen-bond acceptors (Lipinski definition) is 6. The Morgan fingerprint density at radius 1 is 1.45 bits per heavy atom. The molecule has 0 aliphatic heterocycles. The molecule has 2 aromatic rings. The Kier molecular flexibility index (Phi) is 3.52. The van der Waals surface area contributed by atoms with Gasteiger partial charge in [-0.15, -0.1) is 11.3 Å². The van der Waals surface area contributed by atoms with E-state index in [2.05, 4.69) is 17.1 Å². The summed E-state index contributed by atoms with van der Waals surface area (Å²) in [6, 6.07) is 2.03. The third kappa shape index (κ3) is 2.13. The second-order valence-electron chi connectivity index (χ2n) is 5.17. The van der Waals surface area contributed by atoms with Crippen LogP contribution in [-0.2, 0) is 16.8 Å². The normalized spacial score (nSPS) is 17.7. The summed E-state index contributed by atoms with van der Waals surface area (Å²) in [5, 5.41) is 4.86. The van der Waals surface area contributed by atoms with Gasteiger partial charge in [-0.1, -0.05) is 12.1 Å². The molecule has 0 unspecified atom stereocenters. The zero-order chi connectivity index (χ0) is 14.2. The standard InChI is InChI=1S/C14H19N3O2S/c1-3-9-8-10(11(15)20-9)12-16-13(17-19-12)14(18-2)6-4-5-7-14/h8H,3-7,15H2,1-2H3. The van der Waals surface area contributed by atoms with Gasteiger partial charge < -0.3 is 15.0 Å². The molecule has 6 heteroatoms. The van der Waals surface area contributed by atoms with Crippen LogP contribution in [0.4, 0.5) is 5.00 Å². The van der Waals surface area contributed by atoms with Crippen LogP contribution in [0.15, 0.2) is 10.6 Å². The van der Waals surface area contributed by atoms with E-state index in [1.54, 1.807) is 18.4 Å². The highest BCUT2D eigenvalue weighted by Gasteiger charge is 2.40. The van der Waals surface area contributed by atoms with Gasteiger partial charge in [0.05, 0.1) is 10.6 Å². The van der Waals surface area contributed by atoms with Gasteiger partial charge in [0.2, 0.25) is 5.82 Å². The van der Waals surface area contributed by atoms with Gasteiger partial charge in [0.25, 0.3) is 5.89 Å². The average molecular weight is 293 g/mol. The maximum absolute atomic E-state index is 6.04. The van der Waals surface area contributed by atoms with Gasteiger partial charge in [-0.25, -0.2) is 0 Å². The quantitative estimate of drug-likeness (QED) is 0.935. The van der Waals surface area contributed by atoms with Crippen LogP contribution in [0.2, 0.25) is 0 Å². The van der Waals surface area contributed by atoms with Crippen LogP contribution in [-0.4, -0.2) is 17.3 Å². The van der Waals surface area contributed by atoms with Crippen molar-refractivity contribution < 1.29 is 9.26 Å². The van der Waals surface area contributed by atoms with E-state index in [4.69, 9.17) is 15.0 Å². The lowest BCUT2D eigenvalue weighted by molar-refractivity contribution is -0.0178. The highest BCUT2D eigenvalue weighted by molar-refractivity contribution is 7.16. The van der Waals surface area contributed by atoms with E-state index < -0.39 is 0 Å². The number of methoxy groups -OCH3 is 1. The zero-order valence-corrected chi connectivity index (χ0v) is 12.6. The van der Waals surface area contributed by atoms with Gasteiger partial charge in [0.15, 0.2) is 0 Å². The number of aromatic nitrogens is 2. The van der Waals surface area contributed by atoms with Crippen LogP contribution in [0.25, 0.3) is 11.5 Å². The summed E-state index contributed by atoms with van der Waals surface area (Å²) in [6.45, 7) is 2.10. The van der Waals surface area contributed by atoms with E-state index >= 15 is 0 Å². The minimum Gasteiger partial charge on any atom is -0.390 e. The van der Waals surface area contributed by atoms with Crippen LogP contribution in [0.5, 0.6) is 0 Å². The SMILES string of the molecule is CCc1cc(-c2nc(C3(OC)CCCC3)no2)c(N)s1. The summed E-state index contributed by atoms with van der Waals surface area (Å²) >= 11 is 1.57. The Morgan fingerprint density at radius 3 is 2.80 bits per heavy atom. The molecular weight excluding hydrogens is 274 g/mol. The molecule has 2 aromatic heterocycles. The van der Waals surface area contributed by atoms with Crippen LogP contribution >= 0.6 is 11.3 Å². The molecule has 5 nitrogen and oxygen atoms in total. The largest absolute Gasteiger partial charge is 0.390 e. The summed E-state index contributed by atoms with van der Waals surface area (Å²) in [7, 11) is 1.72. The lowest BCUT2D eigenvalue weighted by atomic mass is 10.0. The molecule has 2 N–H and O–H groups in total. The Hall–Kier alpha value is -1.40. The number of ether oxygens (including phenoxy) is 1. The van der Waals surface area contributed by atoms with Crippen LogP contribution < -0.4 is 5.73 Å². The van der Waals surface area contributed by atoms with E-state index in [1.165, 1.54) is 4.88 Å². The average Bonchev–Trinajstić information content (AvgIpc) is 3.17. The third-order valence-electron chi connectivity index (χ3n) is 4.03. The van der Waals surface area contributed by atoms with Crippen molar-refractivity contribution in [1.82, 2.24) is 10.1 Å². The van der Waals surface area contributed by atoms with Gasteiger partial charge in [0.1, 0.15) is 5.60 Å². The van der Waals surface area contributed by atoms with E-state index in [9.17, 15) is 0 Å². The fourth-order valence-electron chi connectivity index (χ4n) is 2.78. The minimum absolute atomic E-state index is 0.375. The van der Waals surface area contributed by atoms with Crippen LogP contribution in [0, 0.1) is 0 Å². The van der Waals surface area contributed by atoms with Gasteiger partial charge in [-0.3, -0.25) is 0 Å². The van der Waals surface area contributed by atoms with Gasteiger partial charge >= 0.3 is 0 Å². The summed E-state index contributed by atoms with van der Waals surface area (Å²) in [5.41, 5.74) is 6.50. The summed E-state index contributed by atoms with van der Waals surface area (Å²) < 4.78 is 11.1. The van der Waals surface area contributed by atoms with Crippen molar-refractivity contribution in [2.45, 2.75) is 44.6 Å². The van der Waals surface area contributed by atoms with Crippen LogP contribution in [0.1, 0.15) is 43.3 Å². The number of anilines is 1. The molecule has 1 aliphatic rings. The Morgan fingerprint density at radius 2 is 2.20 bits per heavy atom. The van der Waals surface area contributed by atoms with Crippen molar-refractivity contribution in [3.8, 4) is 11.5 Å². The molecule has 0 aromatic carbocycles. The van der Waals surface area contributed by atoms with Gasteiger partial charge in [0, 0.05) is 12.0 Å². The summed E-state index contributed by atoms with van der Waals surface area (Å²) in [4.78, 5) is 5.76. The molecular formula is C14H19N3O2S. The van der Waals surface area contributed by atoms with E-state index in [0.717, 1.165) is 42.7 Å². The number of rotatable bonds is 4. The molecule has 0 atom stereocenters. The van der Waals surface area contributed by atoms with Gasteiger partial charge in [-0.05, 0) is 38.2 Å². The molecule has 3 rings (SSSR count). The second kappa shape index (κ2) is 5.18. The smallest absolute Gasteiger partial charge is 0.261 e. The van der Waals surface area contributed by atoms with Crippen molar-refractivity contribution >= 4 is 16.3 Å². The van der Waals surface area contributed by atoms with E-state index in [-0.39, 0.29) is 5.60 Å². The maximum atomic E-state index is 6.04. The Labute approximate surface area is 122 Å². The first-order valence-corrected chi connectivity index (χ1v) is 7.78. The van der Waals surface area contributed by atoms with Crippen LogP contribution in [0.3, 0.4) is 0 Å². The molecule has 1 saturated carbocycles. The second-order valence-corrected chi connectivity index (χ2v) is 6.34. The highest BCUT2D eigenvalue weighted by Crippen LogP contribution is 2.41. The molecule has 0 bridgehead atoms. The zero-order valence-electron chi connectivity index (χ0n) is 11.8. The maximum Gasteiger partial charge on any atom is 0.261 e. The Bertz CT molecular complexity index is 599. The number of nitrogens with zero attached hydrogens (tertiary/aromatic N) is 2. The predicted molar refractivity (Wildman–Crippen MR) is 78.6 cm³/mol. The van der Waals surface area contributed by atoms with Crippen molar-refractivity contribution in [2.75, 3.05) is 12.8 Å². The van der Waals surface area contributed by atoms with Gasteiger partial charge in [-0.2, -0.15) is 4.98 Å². The fourth-order valence-corrected chi connectivity index (χ4v) is 3.64. The molecule has 0 spiro atoms. The molecule has 0 amide bonds. The molecule has 0 saturated heterocycles. The fraction of sp³-hybridized carbons (Fsp3) is 0.571. The van der Waals surface area contributed by atoms with E-state index in [0.29, 0.717) is 11.7 Å². The lowest BCUT2D eigenvalue weighted by Crippen LogP contribution is -2.25. The molecule has 108 valence electrons. The lowest BCUT2D eigenvalue weighted by Gasteiger charge is -2.22. The predicted octanol–water partition coefficient (Wildman–Crippen LogP) is 3.36. The number of nitrogen functional groups attached to an aromatic ring is 1. The molecule has 1 fully saturated rings. The van der Waals surface area contributed by atoms with Crippen molar-refractivity contribution in [1.29, 1.82) is 0 Å².